The van der Waals surface area contributed by atoms with E-state index in [9.17, 15) is 29.1 Å². The van der Waals surface area contributed by atoms with Gasteiger partial charge in [-0.05, 0) is 19.3 Å². The number of aliphatic carboxylic acids is 2. The van der Waals surface area contributed by atoms with Crippen LogP contribution in [-0.2, 0) is 24.0 Å². The summed E-state index contributed by atoms with van der Waals surface area (Å²) in [7, 11) is 0. The number of amides is 3. The molecule has 0 fully saturated rings. The summed E-state index contributed by atoms with van der Waals surface area (Å²) >= 11 is 0. The average molecular weight is 404 g/mol. The van der Waals surface area contributed by atoms with Crippen molar-refractivity contribution in [3.8, 4) is 0 Å². The summed E-state index contributed by atoms with van der Waals surface area (Å²) in [6, 6.07) is -4.05. The van der Waals surface area contributed by atoms with Gasteiger partial charge in [0.2, 0.25) is 17.7 Å². The molecule has 0 heterocycles. The highest BCUT2D eigenvalue weighted by Gasteiger charge is 2.28. The van der Waals surface area contributed by atoms with Gasteiger partial charge in [0.1, 0.15) is 18.1 Å². The third-order valence-corrected chi connectivity index (χ3v) is 3.60. The summed E-state index contributed by atoms with van der Waals surface area (Å²) in [6.45, 7) is 4.19. The first-order valence-electron chi connectivity index (χ1n) is 8.60. The van der Waals surface area contributed by atoms with Crippen LogP contribution >= 0.6 is 0 Å². The number of nitrogens with one attached hydrogen (secondary N) is 3. The number of carbonyl (C=O) groups excluding carboxylic acids is 3. The maximum atomic E-state index is 12.1. The average Bonchev–Trinajstić information content (AvgIpc) is 2.56. The van der Waals surface area contributed by atoms with Crippen molar-refractivity contribution in [3.05, 3.63) is 0 Å². The predicted octanol–water partition coefficient (Wildman–Crippen LogP) is -2.61. The van der Waals surface area contributed by atoms with Crippen molar-refractivity contribution in [3.63, 3.8) is 0 Å². The summed E-state index contributed by atoms with van der Waals surface area (Å²) in [5.41, 5.74) is 5.42. The lowest BCUT2D eigenvalue weighted by atomic mass is 10.0. The van der Waals surface area contributed by atoms with E-state index in [0.29, 0.717) is 0 Å². The fourth-order valence-electron chi connectivity index (χ4n) is 2.10. The second kappa shape index (κ2) is 11.9. The maximum Gasteiger partial charge on any atom is 0.326 e. The Labute approximate surface area is 161 Å². The molecule has 0 rings (SSSR count). The van der Waals surface area contributed by atoms with E-state index in [4.69, 9.17) is 15.9 Å². The predicted molar refractivity (Wildman–Crippen MR) is 95.9 cm³/mol. The number of carbonyl (C=O) groups is 5. The molecule has 0 bridgehead atoms. The Kier molecular flexibility index (Phi) is 10.7. The molecule has 8 N–H and O–H groups in total. The molecule has 0 aliphatic rings. The van der Waals surface area contributed by atoms with Gasteiger partial charge < -0.3 is 37.0 Å². The lowest BCUT2D eigenvalue weighted by Gasteiger charge is -2.21. The quantitative estimate of drug-likeness (QED) is 0.181. The van der Waals surface area contributed by atoms with Gasteiger partial charge in [0.15, 0.2) is 0 Å². The Hall–Kier alpha value is -2.73. The molecule has 0 aliphatic heterocycles. The van der Waals surface area contributed by atoms with Gasteiger partial charge in [-0.3, -0.25) is 19.2 Å². The fraction of sp³-hybridized carbons (Fsp3) is 0.688. The van der Waals surface area contributed by atoms with E-state index in [2.05, 4.69) is 16.0 Å². The lowest BCUT2D eigenvalue weighted by molar-refractivity contribution is -0.143. The number of carboxylic acid groups (broad SMARTS) is 2. The third kappa shape index (κ3) is 9.83. The molecule has 4 atom stereocenters. The highest BCUT2D eigenvalue weighted by Crippen LogP contribution is 2.04. The van der Waals surface area contributed by atoms with Crippen LogP contribution < -0.4 is 21.7 Å². The van der Waals surface area contributed by atoms with E-state index in [1.165, 1.54) is 6.92 Å². The molecule has 3 amide bonds. The first-order valence-corrected chi connectivity index (χ1v) is 8.60. The summed E-state index contributed by atoms with van der Waals surface area (Å²) in [4.78, 5) is 57.8. The molecule has 0 radical (unpaired) electrons. The number of aliphatic hydroxyl groups is 1. The maximum absolute atomic E-state index is 12.1. The molecular formula is C16H28N4O8. The largest absolute Gasteiger partial charge is 0.481 e. The Morgan fingerprint density at radius 2 is 1.50 bits per heavy atom. The Morgan fingerprint density at radius 3 is 1.93 bits per heavy atom. The van der Waals surface area contributed by atoms with E-state index in [1.807, 2.05) is 0 Å². The minimum absolute atomic E-state index is 0.00396. The number of aliphatic hydroxyl groups excluding tert-OH is 1. The SMILES string of the molecule is CC(C)CC(NC(=O)CNC(=O)C(CC(=O)O)NC(=O)C(N)C(C)O)C(=O)O. The third-order valence-electron chi connectivity index (χ3n) is 3.60. The standard InChI is InChI=1S/C16H28N4O8/c1-7(2)4-10(16(27)28)19-11(22)6-18-14(25)9(5-12(23)24)20-15(26)13(17)8(3)21/h7-10,13,21H,4-6,17H2,1-3H3,(H,18,25)(H,19,22)(H,20,26)(H,23,24)(H,27,28). The highest BCUT2D eigenvalue weighted by atomic mass is 16.4. The zero-order valence-corrected chi connectivity index (χ0v) is 16.0. The van der Waals surface area contributed by atoms with Crippen molar-refractivity contribution in [2.24, 2.45) is 11.7 Å². The number of hydrogen-bond acceptors (Lipinski definition) is 7. The van der Waals surface area contributed by atoms with Gasteiger partial charge in [-0.15, -0.1) is 0 Å². The van der Waals surface area contributed by atoms with Crippen molar-refractivity contribution in [1.82, 2.24) is 16.0 Å². The molecule has 0 saturated heterocycles. The van der Waals surface area contributed by atoms with E-state index >= 15 is 0 Å². The van der Waals surface area contributed by atoms with E-state index < -0.39 is 66.9 Å². The van der Waals surface area contributed by atoms with Crippen molar-refractivity contribution >= 4 is 29.7 Å². The summed E-state index contributed by atoms with van der Waals surface area (Å²) in [6.07, 6.45) is -1.82. The van der Waals surface area contributed by atoms with Gasteiger partial charge >= 0.3 is 11.9 Å². The first kappa shape index (κ1) is 25.3. The number of carboxylic acids is 2. The first-order chi connectivity index (χ1) is 12.8. The van der Waals surface area contributed by atoms with Crippen LogP contribution in [-0.4, -0.2) is 75.8 Å². The molecule has 160 valence electrons. The molecule has 0 aromatic carbocycles. The van der Waals surface area contributed by atoms with Crippen LogP contribution in [0.4, 0.5) is 0 Å². The summed E-state index contributed by atoms with van der Waals surface area (Å²) < 4.78 is 0. The minimum atomic E-state index is -1.53. The van der Waals surface area contributed by atoms with Crippen LogP contribution in [0.5, 0.6) is 0 Å². The zero-order valence-electron chi connectivity index (χ0n) is 16.0. The van der Waals surface area contributed by atoms with Crippen molar-refractivity contribution in [2.45, 2.75) is 57.8 Å². The van der Waals surface area contributed by atoms with Crippen molar-refractivity contribution < 1.29 is 39.3 Å². The van der Waals surface area contributed by atoms with E-state index in [0.717, 1.165) is 0 Å². The Bertz CT molecular complexity index is 593. The molecule has 0 spiro atoms. The second-order valence-electron chi connectivity index (χ2n) is 6.73. The van der Waals surface area contributed by atoms with Gasteiger partial charge in [-0.1, -0.05) is 13.8 Å². The lowest BCUT2D eigenvalue weighted by Crippen LogP contribution is -2.56. The topological polar surface area (TPSA) is 208 Å². The van der Waals surface area contributed by atoms with Gasteiger partial charge in [0.25, 0.3) is 0 Å². The molecule has 12 nitrogen and oxygen atoms in total. The molecule has 12 heteroatoms. The fourth-order valence-corrected chi connectivity index (χ4v) is 2.10. The molecular weight excluding hydrogens is 376 g/mol. The molecule has 0 aromatic heterocycles. The summed E-state index contributed by atoms with van der Waals surface area (Å²) in [5, 5.41) is 33.7. The van der Waals surface area contributed by atoms with Crippen LogP contribution in [0.1, 0.15) is 33.6 Å². The van der Waals surface area contributed by atoms with Crippen LogP contribution in [0, 0.1) is 5.92 Å². The molecule has 4 unspecified atom stereocenters. The van der Waals surface area contributed by atoms with Gasteiger partial charge in [-0.25, -0.2) is 4.79 Å². The van der Waals surface area contributed by atoms with Gasteiger partial charge in [0.05, 0.1) is 19.1 Å². The van der Waals surface area contributed by atoms with E-state index in [1.54, 1.807) is 13.8 Å². The molecule has 0 saturated carbocycles. The zero-order chi connectivity index (χ0) is 22.0. The van der Waals surface area contributed by atoms with E-state index in [-0.39, 0.29) is 12.3 Å². The monoisotopic (exact) mass is 404 g/mol. The van der Waals surface area contributed by atoms with Crippen molar-refractivity contribution in [2.75, 3.05) is 6.54 Å². The number of hydrogen-bond donors (Lipinski definition) is 7. The number of nitrogens with two attached hydrogens (primary N) is 1. The highest BCUT2D eigenvalue weighted by molar-refractivity contribution is 5.94. The van der Waals surface area contributed by atoms with Crippen molar-refractivity contribution in [1.29, 1.82) is 0 Å². The van der Waals surface area contributed by atoms with Crippen LogP contribution in [0.25, 0.3) is 0 Å². The second-order valence-corrected chi connectivity index (χ2v) is 6.73. The van der Waals surface area contributed by atoms with Crippen LogP contribution in [0.2, 0.25) is 0 Å². The smallest absolute Gasteiger partial charge is 0.326 e. The Balaban J connectivity index is 4.85. The molecule has 0 aromatic rings. The minimum Gasteiger partial charge on any atom is -0.481 e. The normalized spacial score (nSPS) is 15.1. The summed E-state index contributed by atoms with van der Waals surface area (Å²) in [5.74, 6) is -5.31. The number of rotatable bonds is 12. The van der Waals surface area contributed by atoms with Gasteiger partial charge in [0, 0.05) is 0 Å². The van der Waals surface area contributed by atoms with Crippen LogP contribution in [0.3, 0.4) is 0 Å². The van der Waals surface area contributed by atoms with Crippen LogP contribution in [0.15, 0.2) is 0 Å². The molecule has 0 aliphatic carbocycles. The Morgan fingerprint density at radius 1 is 0.929 bits per heavy atom. The molecule has 28 heavy (non-hydrogen) atoms. The van der Waals surface area contributed by atoms with Gasteiger partial charge in [-0.2, -0.15) is 0 Å².